The summed E-state index contributed by atoms with van der Waals surface area (Å²) in [6.07, 6.45) is -0.552. The van der Waals surface area contributed by atoms with E-state index in [1.807, 2.05) is 6.07 Å². The molecule has 7 nitrogen and oxygen atoms in total. The van der Waals surface area contributed by atoms with Gasteiger partial charge in [0.25, 0.3) is 0 Å². The number of aliphatic carboxylic acids is 1. The molecule has 0 saturated carbocycles. The van der Waals surface area contributed by atoms with Gasteiger partial charge in [0.1, 0.15) is 12.6 Å². The van der Waals surface area contributed by atoms with E-state index in [1.54, 1.807) is 31.2 Å². The number of carbonyl (C=O) groups is 3. The Labute approximate surface area is 122 Å². The molecular weight excluding hydrogens is 276 g/mol. The van der Waals surface area contributed by atoms with Crippen LogP contribution < -0.4 is 10.6 Å². The zero-order chi connectivity index (χ0) is 15.7. The van der Waals surface area contributed by atoms with Crippen molar-refractivity contribution >= 4 is 18.0 Å². The molecule has 21 heavy (non-hydrogen) atoms. The van der Waals surface area contributed by atoms with E-state index in [9.17, 15) is 14.4 Å². The van der Waals surface area contributed by atoms with Gasteiger partial charge in [-0.1, -0.05) is 30.3 Å². The van der Waals surface area contributed by atoms with Crippen LogP contribution in [0, 0.1) is 0 Å². The number of alkyl carbamates (subject to hydrolysis) is 1. The summed E-state index contributed by atoms with van der Waals surface area (Å²) in [7, 11) is 0. The highest BCUT2D eigenvalue weighted by Crippen LogP contribution is 2.03. The molecule has 114 valence electrons. The molecule has 1 rings (SSSR count). The average molecular weight is 294 g/mol. The van der Waals surface area contributed by atoms with Crippen LogP contribution in [0.1, 0.15) is 12.5 Å². The fraction of sp³-hybridized carbons (Fsp3) is 0.357. The molecule has 0 aromatic heterocycles. The first-order valence-electron chi connectivity index (χ1n) is 6.49. The Morgan fingerprint density at radius 1 is 1.24 bits per heavy atom. The number of hydrogen-bond acceptors (Lipinski definition) is 4. The van der Waals surface area contributed by atoms with Crippen molar-refractivity contribution in [3.05, 3.63) is 35.9 Å². The topological polar surface area (TPSA) is 105 Å². The third-order valence-corrected chi connectivity index (χ3v) is 2.58. The standard InChI is InChI=1S/C14H18N2O5/c1-2-21-14(20)15-9-12(17)16-11(13(18)19)8-10-6-4-3-5-7-10/h3-7,11H,2,8-9H2,1H3,(H,15,20)(H,16,17)(H,18,19)/t11-/m0/s1. The molecule has 1 aromatic rings. The van der Waals surface area contributed by atoms with E-state index in [0.717, 1.165) is 5.56 Å². The molecule has 0 aliphatic carbocycles. The second-order valence-electron chi connectivity index (χ2n) is 4.22. The van der Waals surface area contributed by atoms with Gasteiger partial charge in [-0.3, -0.25) is 4.79 Å². The van der Waals surface area contributed by atoms with Gasteiger partial charge >= 0.3 is 12.1 Å². The van der Waals surface area contributed by atoms with Crippen molar-refractivity contribution < 1.29 is 24.2 Å². The molecule has 0 aliphatic heterocycles. The van der Waals surface area contributed by atoms with Crippen LogP contribution in [-0.2, 0) is 20.7 Å². The Morgan fingerprint density at radius 3 is 2.48 bits per heavy atom. The number of nitrogens with one attached hydrogen (secondary N) is 2. The van der Waals surface area contributed by atoms with Gasteiger partial charge in [-0.25, -0.2) is 9.59 Å². The molecule has 3 N–H and O–H groups in total. The van der Waals surface area contributed by atoms with Crippen LogP contribution >= 0.6 is 0 Å². The van der Waals surface area contributed by atoms with Crippen LogP contribution in [0.5, 0.6) is 0 Å². The van der Waals surface area contributed by atoms with Crippen molar-refractivity contribution in [3.8, 4) is 0 Å². The molecule has 0 bridgehead atoms. The van der Waals surface area contributed by atoms with Crippen molar-refractivity contribution in [2.45, 2.75) is 19.4 Å². The molecule has 0 unspecified atom stereocenters. The van der Waals surface area contributed by atoms with E-state index in [4.69, 9.17) is 5.11 Å². The first-order valence-corrected chi connectivity index (χ1v) is 6.49. The van der Waals surface area contributed by atoms with Gasteiger partial charge in [-0.05, 0) is 12.5 Å². The lowest BCUT2D eigenvalue weighted by Crippen LogP contribution is -2.46. The number of carboxylic acid groups (broad SMARTS) is 1. The van der Waals surface area contributed by atoms with E-state index in [0.29, 0.717) is 0 Å². The summed E-state index contributed by atoms with van der Waals surface area (Å²) in [6, 6.07) is 7.90. The number of benzene rings is 1. The fourth-order valence-electron chi connectivity index (χ4n) is 1.63. The molecule has 0 radical (unpaired) electrons. The van der Waals surface area contributed by atoms with Crippen molar-refractivity contribution in [2.75, 3.05) is 13.2 Å². The summed E-state index contributed by atoms with van der Waals surface area (Å²) >= 11 is 0. The first-order chi connectivity index (χ1) is 10.0. The Morgan fingerprint density at radius 2 is 1.90 bits per heavy atom. The number of hydrogen-bond donors (Lipinski definition) is 3. The van der Waals surface area contributed by atoms with Crippen LogP contribution in [0.15, 0.2) is 30.3 Å². The third-order valence-electron chi connectivity index (χ3n) is 2.58. The van der Waals surface area contributed by atoms with Gasteiger partial charge in [0.05, 0.1) is 6.61 Å². The van der Waals surface area contributed by atoms with E-state index < -0.39 is 24.0 Å². The molecule has 0 saturated heterocycles. The van der Waals surface area contributed by atoms with E-state index >= 15 is 0 Å². The van der Waals surface area contributed by atoms with Gasteiger partial charge < -0.3 is 20.5 Å². The molecule has 0 fully saturated rings. The highest BCUT2D eigenvalue weighted by Gasteiger charge is 2.20. The van der Waals surface area contributed by atoms with E-state index in [2.05, 4.69) is 15.4 Å². The Hall–Kier alpha value is -2.57. The summed E-state index contributed by atoms with van der Waals surface area (Å²) in [6.45, 7) is 1.50. The summed E-state index contributed by atoms with van der Waals surface area (Å²) in [5.41, 5.74) is 0.795. The molecule has 1 atom stereocenters. The summed E-state index contributed by atoms with van der Waals surface area (Å²) in [4.78, 5) is 33.8. The minimum absolute atomic E-state index is 0.168. The average Bonchev–Trinajstić information content (AvgIpc) is 2.46. The van der Waals surface area contributed by atoms with Crippen molar-refractivity contribution in [3.63, 3.8) is 0 Å². The first kappa shape index (κ1) is 16.5. The van der Waals surface area contributed by atoms with Crippen molar-refractivity contribution in [2.24, 2.45) is 0 Å². The summed E-state index contributed by atoms with van der Waals surface area (Å²) < 4.78 is 4.59. The molecule has 0 heterocycles. The zero-order valence-corrected chi connectivity index (χ0v) is 11.7. The smallest absolute Gasteiger partial charge is 0.407 e. The monoisotopic (exact) mass is 294 g/mol. The second-order valence-corrected chi connectivity index (χ2v) is 4.22. The number of carbonyl (C=O) groups excluding carboxylic acids is 2. The lowest BCUT2D eigenvalue weighted by atomic mass is 10.1. The summed E-state index contributed by atoms with van der Waals surface area (Å²) in [5, 5.41) is 13.7. The molecular formula is C14H18N2O5. The van der Waals surface area contributed by atoms with E-state index in [1.165, 1.54) is 0 Å². The third kappa shape index (κ3) is 6.42. The molecule has 0 aliphatic rings. The fourth-order valence-corrected chi connectivity index (χ4v) is 1.63. The predicted octanol–water partition coefficient (Wildman–Crippen LogP) is 0.545. The SMILES string of the molecule is CCOC(=O)NCC(=O)N[C@@H](Cc1ccccc1)C(=O)O. The van der Waals surface area contributed by atoms with Gasteiger partial charge in [-0.2, -0.15) is 0 Å². The van der Waals surface area contributed by atoms with Crippen LogP contribution in [0.2, 0.25) is 0 Å². The predicted molar refractivity (Wildman–Crippen MR) is 74.7 cm³/mol. The molecule has 2 amide bonds. The number of rotatable bonds is 7. The highest BCUT2D eigenvalue weighted by atomic mass is 16.5. The Kier molecular flexibility index (Phi) is 6.73. The lowest BCUT2D eigenvalue weighted by Gasteiger charge is -2.15. The maximum Gasteiger partial charge on any atom is 0.407 e. The second kappa shape index (κ2) is 8.57. The van der Waals surface area contributed by atoms with E-state index in [-0.39, 0.29) is 19.6 Å². The quantitative estimate of drug-likeness (QED) is 0.681. The number of carboxylic acids is 1. The summed E-state index contributed by atoms with van der Waals surface area (Å²) in [5.74, 6) is -1.73. The Balaban J connectivity index is 2.49. The van der Waals surface area contributed by atoms with Crippen molar-refractivity contribution in [1.29, 1.82) is 0 Å². The minimum atomic E-state index is -1.14. The van der Waals surface area contributed by atoms with Crippen LogP contribution in [0.25, 0.3) is 0 Å². The van der Waals surface area contributed by atoms with Crippen LogP contribution in [0.3, 0.4) is 0 Å². The maximum atomic E-state index is 11.6. The largest absolute Gasteiger partial charge is 0.480 e. The van der Waals surface area contributed by atoms with Crippen LogP contribution in [-0.4, -0.2) is 42.3 Å². The van der Waals surface area contributed by atoms with Gasteiger partial charge in [0.15, 0.2) is 0 Å². The number of ether oxygens (including phenoxy) is 1. The van der Waals surface area contributed by atoms with Gasteiger partial charge in [-0.15, -0.1) is 0 Å². The van der Waals surface area contributed by atoms with Gasteiger partial charge in [0, 0.05) is 6.42 Å². The maximum absolute atomic E-state index is 11.6. The van der Waals surface area contributed by atoms with Gasteiger partial charge in [0.2, 0.25) is 5.91 Å². The molecule has 0 spiro atoms. The Bertz CT molecular complexity index is 489. The van der Waals surface area contributed by atoms with Crippen LogP contribution in [0.4, 0.5) is 4.79 Å². The normalized spacial score (nSPS) is 11.3. The molecule has 7 heteroatoms. The minimum Gasteiger partial charge on any atom is -0.480 e. The number of amides is 2. The zero-order valence-electron chi connectivity index (χ0n) is 11.7. The highest BCUT2D eigenvalue weighted by molar-refractivity contribution is 5.86. The lowest BCUT2D eigenvalue weighted by molar-refractivity contribution is -0.141. The van der Waals surface area contributed by atoms with Crippen molar-refractivity contribution in [1.82, 2.24) is 10.6 Å². The molecule has 1 aromatic carbocycles.